The summed E-state index contributed by atoms with van der Waals surface area (Å²) in [7, 11) is 0. The van der Waals surface area contributed by atoms with E-state index >= 15 is 0 Å². The quantitative estimate of drug-likeness (QED) is 0.640. The first kappa shape index (κ1) is 17.8. The van der Waals surface area contributed by atoms with E-state index in [-0.39, 0.29) is 0 Å². The Morgan fingerprint density at radius 1 is 1.20 bits per heavy atom. The van der Waals surface area contributed by atoms with Gasteiger partial charge in [-0.2, -0.15) is 0 Å². The molecule has 0 spiro atoms. The van der Waals surface area contributed by atoms with E-state index < -0.39 is 0 Å². The maximum absolute atomic E-state index is 4.09. The minimum absolute atomic E-state index is 0.470. The molecule has 3 atom stereocenters. The van der Waals surface area contributed by atoms with Crippen molar-refractivity contribution in [2.24, 2.45) is 23.2 Å². The first-order chi connectivity index (χ1) is 9.20. The number of nitrogens with one attached hydrogen (secondary N) is 1. The van der Waals surface area contributed by atoms with Gasteiger partial charge >= 0.3 is 0 Å². The summed E-state index contributed by atoms with van der Waals surface area (Å²) in [5, 5.41) is 3.66. The molecule has 0 aromatic carbocycles. The molecule has 1 aliphatic rings. The molecule has 3 unspecified atom stereocenters. The lowest BCUT2D eigenvalue weighted by Crippen LogP contribution is -2.38. The summed E-state index contributed by atoms with van der Waals surface area (Å²) < 4.78 is 0. The molecular weight excluding hydrogens is 242 g/mol. The van der Waals surface area contributed by atoms with Gasteiger partial charge < -0.3 is 5.32 Å². The van der Waals surface area contributed by atoms with Crippen molar-refractivity contribution in [2.45, 2.75) is 79.7 Å². The maximum Gasteiger partial charge on any atom is 0.00104 e. The predicted molar refractivity (Wildman–Crippen MR) is 91.0 cm³/mol. The summed E-state index contributed by atoms with van der Waals surface area (Å²) in [4.78, 5) is 0. The third kappa shape index (κ3) is 5.99. The van der Waals surface area contributed by atoms with Crippen molar-refractivity contribution >= 4 is 0 Å². The molecule has 0 heterocycles. The Bertz CT molecular complexity index is 297. The smallest absolute Gasteiger partial charge is 0.00104 e. The predicted octanol–water partition coefficient (Wildman–Crippen LogP) is 5.42. The van der Waals surface area contributed by atoms with Gasteiger partial charge in [-0.1, -0.05) is 40.2 Å². The number of rotatable bonds is 6. The van der Waals surface area contributed by atoms with Crippen LogP contribution < -0.4 is 5.32 Å². The SMILES string of the molecule is C=C(C)CCC1CC(C(C)(C)C)CCC1CNC(C)C. The molecule has 0 saturated heterocycles. The molecule has 1 aliphatic carbocycles. The third-order valence-electron chi connectivity index (χ3n) is 5.09. The Kier molecular flexibility index (Phi) is 6.78. The van der Waals surface area contributed by atoms with E-state index in [2.05, 4.69) is 53.4 Å². The fourth-order valence-corrected chi connectivity index (χ4v) is 3.55. The molecule has 1 heteroatoms. The van der Waals surface area contributed by atoms with Crippen molar-refractivity contribution in [3.8, 4) is 0 Å². The fourth-order valence-electron chi connectivity index (χ4n) is 3.55. The van der Waals surface area contributed by atoms with Crippen LogP contribution in [-0.2, 0) is 0 Å². The van der Waals surface area contributed by atoms with Gasteiger partial charge in [0, 0.05) is 6.04 Å². The van der Waals surface area contributed by atoms with Crippen LogP contribution in [0.3, 0.4) is 0 Å². The van der Waals surface area contributed by atoms with E-state index in [1.807, 2.05) is 0 Å². The number of hydrogen-bond acceptors (Lipinski definition) is 1. The first-order valence-electron chi connectivity index (χ1n) is 8.58. The van der Waals surface area contributed by atoms with Gasteiger partial charge in [-0.15, -0.1) is 6.58 Å². The summed E-state index contributed by atoms with van der Waals surface area (Å²) >= 11 is 0. The fraction of sp³-hybridized carbons (Fsp3) is 0.895. The van der Waals surface area contributed by atoms with E-state index in [1.54, 1.807) is 0 Å². The molecule has 1 saturated carbocycles. The second-order valence-electron chi connectivity index (χ2n) is 8.45. The lowest BCUT2D eigenvalue weighted by molar-refractivity contribution is 0.0918. The van der Waals surface area contributed by atoms with Gasteiger partial charge in [-0.3, -0.25) is 0 Å². The summed E-state index contributed by atoms with van der Waals surface area (Å²) in [6, 6.07) is 0.608. The lowest BCUT2D eigenvalue weighted by atomic mass is 9.64. The molecule has 0 bridgehead atoms. The molecule has 0 radical (unpaired) electrons. The van der Waals surface area contributed by atoms with E-state index in [0.717, 1.165) is 17.8 Å². The molecule has 0 aromatic heterocycles. The van der Waals surface area contributed by atoms with Crippen molar-refractivity contribution in [3.63, 3.8) is 0 Å². The van der Waals surface area contributed by atoms with Gasteiger partial charge in [-0.05, 0) is 68.7 Å². The lowest BCUT2D eigenvalue weighted by Gasteiger charge is -2.42. The highest BCUT2D eigenvalue weighted by molar-refractivity contribution is 4.92. The van der Waals surface area contributed by atoms with Gasteiger partial charge in [0.05, 0.1) is 0 Å². The van der Waals surface area contributed by atoms with Crippen molar-refractivity contribution in [1.29, 1.82) is 0 Å². The van der Waals surface area contributed by atoms with Crippen molar-refractivity contribution in [1.82, 2.24) is 5.32 Å². The van der Waals surface area contributed by atoms with E-state index in [4.69, 9.17) is 0 Å². The zero-order valence-corrected chi connectivity index (χ0v) is 14.8. The zero-order valence-electron chi connectivity index (χ0n) is 14.8. The maximum atomic E-state index is 4.09. The van der Waals surface area contributed by atoms with Crippen LogP contribution in [0.25, 0.3) is 0 Å². The highest BCUT2D eigenvalue weighted by Crippen LogP contribution is 2.44. The Labute approximate surface area is 127 Å². The molecule has 1 rings (SSSR count). The largest absolute Gasteiger partial charge is 0.314 e. The Hall–Kier alpha value is -0.300. The van der Waals surface area contributed by atoms with Gasteiger partial charge in [-0.25, -0.2) is 0 Å². The average Bonchev–Trinajstić information content (AvgIpc) is 2.32. The minimum Gasteiger partial charge on any atom is -0.314 e. The number of hydrogen-bond donors (Lipinski definition) is 1. The van der Waals surface area contributed by atoms with E-state index in [0.29, 0.717) is 11.5 Å². The average molecular weight is 280 g/mol. The first-order valence-corrected chi connectivity index (χ1v) is 8.58. The topological polar surface area (TPSA) is 12.0 Å². The summed E-state index contributed by atoms with van der Waals surface area (Å²) in [5.74, 6) is 2.65. The highest BCUT2D eigenvalue weighted by atomic mass is 14.9. The van der Waals surface area contributed by atoms with Crippen LogP contribution in [0.4, 0.5) is 0 Å². The molecule has 1 fully saturated rings. The molecule has 0 aromatic rings. The van der Waals surface area contributed by atoms with Crippen LogP contribution in [0.15, 0.2) is 12.2 Å². The molecule has 20 heavy (non-hydrogen) atoms. The van der Waals surface area contributed by atoms with Crippen molar-refractivity contribution in [3.05, 3.63) is 12.2 Å². The Morgan fingerprint density at radius 3 is 2.35 bits per heavy atom. The standard InChI is InChI=1S/C19H37N/c1-14(2)8-9-16-12-18(19(5,6)7)11-10-17(16)13-20-15(3)4/h15-18,20H,1,8-13H2,2-7H3. The van der Waals surface area contributed by atoms with Gasteiger partial charge in [0.2, 0.25) is 0 Å². The van der Waals surface area contributed by atoms with Crippen LogP contribution in [0.2, 0.25) is 0 Å². The summed E-state index contributed by atoms with van der Waals surface area (Å²) in [6.07, 6.45) is 6.79. The van der Waals surface area contributed by atoms with Gasteiger partial charge in [0.15, 0.2) is 0 Å². The van der Waals surface area contributed by atoms with Crippen LogP contribution in [-0.4, -0.2) is 12.6 Å². The van der Waals surface area contributed by atoms with E-state index in [9.17, 15) is 0 Å². The van der Waals surface area contributed by atoms with Crippen LogP contribution in [0.5, 0.6) is 0 Å². The highest BCUT2D eigenvalue weighted by Gasteiger charge is 2.35. The van der Waals surface area contributed by atoms with Crippen LogP contribution >= 0.6 is 0 Å². The van der Waals surface area contributed by atoms with Crippen molar-refractivity contribution < 1.29 is 0 Å². The number of allylic oxidation sites excluding steroid dienone is 1. The van der Waals surface area contributed by atoms with Crippen LogP contribution in [0.1, 0.15) is 73.6 Å². The Balaban J connectivity index is 2.61. The molecule has 1 nitrogen and oxygen atoms in total. The van der Waals surface area contributed by atoms with Gasteiger partial charge in [0.25, 0.3) is 0 Å². The summed E-state index contributed by atoms with van der Waals surface area (Å²) in [6.45, 7) is 19.2. The van der Waals surface area contributed by atoms with Crippen molar-refractivity contribution in [2.75, 3.05) is 6.54 Å². The molecule has 1 N–H and O–H groups in total. The Morgan fingerprint density at radius 2 is 1.85 bits per heavy atom. The summed E-state index contributed by atoms with van der Waals surface area (Å²) in [5.41, 5.74) is 1.82. The second-order valence-corrected chi connectivity index (χ2v) is 8.45. The second kappa shape index (κ2) is 7.64. The monoisotopic (exact) mass is 279 g/mol. The molecule has 0 amide bonds. The molecule has 118 valence electrons. The molecular formula is C19H37N. The normalized spacial score (nSPS) is 27.9. The minimum atomic E-state index is 0.470. The van der Waals surface area contributed by atoms with E-state index in [1.165, 1.54) is 44.2 Å². The van der Waals surface area contributed by atoms with Gasteiger partial charge in [0.1, 0.15) is 0 Å². The molecule has 0 aliphatic heterocycles. The van der Waals surface area contributed by atoms with Crippen LogP contribution in [0, 0.1) is 23.2 Å². The third-order valence-corrected chi connectivity index (χ3v) is 5.09. The zero-order chi connectivity index (χ0) is 15.3.